The highest BCUT2D eigenvalue weighted by molar-refractivity contribution is 5.75. The molecule has 1 aromatic heterocycles. The number of halogens is 1. The molecule has 7 heteroatoms. The Kier molecular flexibility index (Phi) is 4.64. The third-order valence-corrected chi connectivity index (χ3v) is 4.28. The Balaban J connectivity index is 1.61. The van der Waals surface area contributed by atoms with Gasteiger partial charge in [-0.05, 0) is 36.1 Å². The largest absolute Gasteiger partial charge is 0.351 e. The highest BCUT2D eigenvalue weighted by Crippen LogP contribution is 2.23. The number of nitrogens with one attached hydrogen (secondary N) is 1. The molecule has 6 nitrogen and oxygen atoms in total. The summed E-state index contributed by atoms with van der Waals surface area (Å²) in [5.41, 5.74) is 0.539. The molecule has 1 saturated carbocycles. The second-order valence-electron chi connectivity index (χ2n) is 6.09. The Morgan fingerprint density at radius 1 is 1.39 bits per heavy atom. The second kappa shape index (κ2) is 6.85. The lowest BCUT2D eigenvalue weighted by atomic mass is 9.86. The lowest BCUT2D eigenvalue weighted by Crippen LogP contribution is -2.42. The van der Waals surface area contributed by atoms with Crippen LogP contribution in [0.15, 0.2) is 24.3 Å². The van der Waals surface area contributed by atoms with E-state index in [4.69, 9.17) is 0 Å². The molecule has 1 aliphatic carbocycles. The van der Waals surface area contributed by atoms with Crippen LogP contribution < -0.4 is 5.32 Å². The van der Waals surface area contributed by atoms with Gasteiger partial charge in [0.05, 0.1) is 0 Å². The fraction of sp³-hybridized carbons (Fsp3) is 0.500. The summed E-state index contributed by atoms with van der Waals surface area (Å²) in [4.78, 5) is 13.4. The molecule has 0 spiro atoms. The maximum atomic E-state index is 13.2. The number of aromatic nitrogens is 4. The number of rotatable bonds is 4. The zero-order valence-electron chi connectivity index (χ0n) is 13.1. The molecule has 0 bridgehead atoms. The van der Waals surface area contributed by atoms with E-state index in [-0.39, 0.29) is 24.3 Å². The highest BCUT2D eigenvalue weighted by Gasteiger charge is 2.23. The third-order valence-electron chi connectivity index (χ3n) is 4.28. The fourth-order valence-corrected chi connectivity index (χ4v) is 2.96. The lowest BCUT2D eigenvalue weighted by Gasteiger charge is -2.29. The zero-order valence-corrected chi connectivity index (χ0v) is 13.1. The monoisotopic (exact) mass is 317 g/mol. The average molecular weight is 317 g/mol. The fourth-order valence-electron chi connectivity index (χ4n) is 2.96. The maximum Gasteiger partial charge on any atom is 0.243 e. The van der Waals surface area contributed by atoms with Crippen LogP contribution in [0.3, 0.4) is 0 Å². The molecular formula is C16H20FN5O. The van der Waals surface area contributed by atoms with Gasteiger partial charge < -0.3 is 5.32 Å². The number of nitrogens with zero attached hydrogens (tertiary/aromatic N) is 4. The molecule has 122 valence electrons. The number of carbonyl (C=O) groups is 1. The second-order valence-corrected chi connectivity index (χ2v) is 6.09. The Morgan fingerprint density at radius 3 is 3.00 bits per heavy atom. The standard InChI is InChI=1S/C16H20FN5O/c1-11-5-2-3-8-14(11)18-15(23)10-22-20-16(19-21-22)12-6-4-7-13(17)9-12/h4,6-7,9,11,14H,2-3,5,8,10H2,1H3,(H,18,23)/t11-,14-/m0/s1. The molecule has 1 amide bonds. The van der Waals surface area contributed by atoms with Crippen LogP contribution in [0, 0.1) is 11.7 Å². The van der Waals surface area contributed by atoms with E-state index < -0.39 is 0 Å². The van der Waals surface area contributed by atoms with Gasteiger partial charge in [0.2, 0.25) is 11.7 Å². The molecule has 1 heterocycles. The minimum absolute atomic E-state index is 0.0194. The Labute approximate surface area is 134 Å². The van der Waals surface area contributed by atoms with Crippen molar-refractivity contribution >= 4 is 5.91 Å². The predicted octanol–water partition coefficient (Wildman–Crippen LogP) is 2.17. The molecular weight excluding hydrogens is 297 g/mol. The highest BCUT2D eigenvalue weighted by atomic mass is 19.1. The molecule has 0 radical (unpaired) electrons. The topological polar surface area (TPSA) is 72.7 Å². The molecule has 2 aromatic rings. The average Bonchev–Trinajstić information content (AvgIpc) is 2.98. The summed E-state index contributed by atoms with van der Waals surface area (Å²) in [7, 11) is 0. The van der Waals surface area contributed by atoms with Crippen molar-refractivity contribution in [3.05, 3.63) is 30.1 Å². The smallest absolute Gasteiger partial charge is 0.243 e. The van der Waals surface area contributed by atoms with Crippen molar-refractivity contribution in [2.24, 2.45) is 5.92 Å². The van der Waals surface area contributed by atoms with Crippen LogP contribution in [-0.4, -0.2) is 32.2 Å². The van der Waals surface area contributed by atoms with E-state index in [1.807, 2.05) is 0 Å². The van der Waals surface area contributed by atoms with Crippen LogP contribution in [0.4, 0.5) is 4.39 Å². The summed E-state index contributed by atoms with van der Waals surface area (Å²) >= 11 is 0. The van der Waals surface area contributed by atoms with Crippen molar-refractivity contribution < 1.29 is 9.18 Å². The maximum absolute atomic E-state index is 13.2. The Bertz CT molecular complexity index is 687. The van der Waals surface area contributed by atoms with Gasteiger partial charge in [-0.3, -0.25) is 4.79 Å². The van der Waals surface area contributed by atoms with Crippen molar-refractivity contribution in [2.45, 2.75) is 45.2 Å². The molecule has 2 atom stereocenters. The lowest BCUT2D eigenvalue weighted by molar-refractivity contribution is -0.123. The number of hydrogen-bond acceptors (Lipinski definition) is 4. The molecule has 1 fully saturated rings. The summed E-state index contributed by atoms with van der Waals surface area (Å²) in [6.07, 6.45) is 4.55. The number of amides is 1. The van der Waals surface area contributed by atoms with E-state index in [0.717, 1.165) is 19.3 Å². The van der Waals surface area contributed by atoms with E-state index in [0.29, 0.717) is 17.3 Å². The predicted molar refractivity (Wildman–Crippen MR) is 82.8 cm³/mol. The van der Waals surface area contributed by atoms with E-state index in [1.54, 1.807) is 12.1 Å². The van der Waals surface area contributed by atoms with Crippen molar-refractivity contribution in [3.63, 3.8) is 0 Å². The number of carbonyl (C=O) groups excluding carboxylic acids is 1. The molecule has 3 rings (SSSR count). The van der Waals surface area contributed by atoms with Gasteiger partial charge in [-0.1, -0.05) is 31.9 Å². The van der Waals surface area contributed by atoms with E-state index in [1.165, 1.54) is 23.4 Å². The molecule has 0 saturated heterocycles. The minimum Gasteiger partial charge on any atom is -0.351 e. The molecule has 0 aliphatic heterocycles. The number of hydrogen-bond donors (Lipinski definition) is 1. The van der Waals surface area contributed by atoms with Crippen LogP contribution in [-0.2, 0) is 11.3 Å². The SMILES string of the molecule is C[C@H]1CCCC[C@@H]1NC(=O)Cn1nnc(-c2cccc(F)c2)n1. The van der Waals surface area contributed by atoms with Crippen molar-refractivity contribution in [1.82, 2.24) is 25.5 Å². The van der Waals surface area contributed by atoms with Crippen LogP contribution in [0.2, 0.25) is 0 Å². The van der Waals surface area contributed by atoms with Crippen molar-refractivity contribution in [3.8, 4) is 11.4 Å². The van der Waals surface area contributed by atoms with Crippen LogP contribution in [0.1, 0.15) is 32.6 Å². The first-order valence-corrected chi connectivity index (χ1v) is 7.95. The van der Waals surface area contributed by atoms with Gasteiger partial charge in [0, 0.05) is 11.6 Å². The number of benzene rings is 1. The van der Waals surface area contributed by atoms with Crippen LogP contribution in [0.5, 0.6) is 0 Å². The van der Waals surface area contributed by atoms with Gasteiger partial charge in [0.15, 0.2) is 0 Å². The van der Waals surface area contributed by atoms with E-state index in [2.05, 4.69) is 27.7 Å². The Hall–Kier alpha value is -2.31. The normalized spacial score (nSPS) is 21.1. The molecule has 0 unspecified atom stereocenters. The third kappa shape index (κ3) is 3.91. The van der Waals surface area contributed by atoms with E-state index >= 15 is 0 Å². The quantitative estimate of drug-likeness (QED) is 0.938. The molecule has 1 aromatic carbocycles. The van der Waals surface area contributed by atoms with Gasteiger partial charge in [-0.15, -0.1) is 10.2 Å². The summed E-state index contributed by atoms with van der Waals surface area (Å²) in [5.74, 6) is 0.331. The number of tetrazole rings is 1. The van der Waals surface area contributed by atoms with Crippen molar-refractivity contribution in [1.29, 1.82) is 0 Å². The first kappa shape index (κ1) is 15.6. The van der Waals surface area contributed by atoms with Gasteiger partial charge >= 0.3 is 0 Å². The van der Waals surface area contributed by atoms with Crippen molar-refractivity contribution in [2.75, 3.05) is 0 Å². The summed E-state index contributed by atoms with van der Waals surface area (Å²) in [6.45, 7) is 2.19. The first-order chi connectivity index (χ1) is 11.1. The van der Waals surface area contributed by atoms with Crippen LogP contribution >= 0.6 is 0 Å². The molecule has 1 aliphatic rings. The summed E-state index contributed by atoms with van der Waals surface area (Å²) in [5, 5.41) is 14.9. The van der Waals surface area contributed by atoms with Gasteiger partial charge in [0.25, 0.3) is 0 Å². The van der Waals surface area contributed by atoms with Gasteiger partial charge in [-0.25, -0.2) is 4.39 Å². The zero-order chi connectivity index (χ0) is 16.2. The van der Waals surface area contributed by atoms with Gasteiger partial charge in [0.1, 0.15) is 12.4 Å². The molecule has 1 N–H and O–H groups in total. The van der Waals surface area contributed by atoms with E-state index in [9.17, 15) is 9.18 Å². The summed E-state index contributed by atoms with van der Waals surface area (Å²) < 4.78 is 13.2. The van der Waals surface area contributed by atoms with Gasteiger partial charge in [-0.2, -0.15) is 4.80 Å². The summed E-state index contributed by atoms with van der Waals surface area (Å²) in [6, 6.07) is 6.21. The molecule has 23 heavy (non-hydrogen) atoms. The minimum atomic E-state index is -0.358. The first-order valence-electron chi connectivity index (χ1n) is 7.95. The van der Waals surface area contributed by atoms with Crippen LogP contribution in [0.25, 0.3) is 11.4 Å². The Morgan fingerprint density at radius 2 is 2.22 bits per heavy atom.